The molecule has 0 aliphatic rings. The normalized spacial score (nSPS) is 12.0. The number of benzene rings is 2. The van der Waals surface area contributed by atoms with E-state index < -0.39 is 17.8 Å². The zero-order chi connectivity index (χ0) is 21.1. The molecule has 152 valence electrons. The van der Waals surface area contributed by atoms with Crippen LogP contribution in [0.3, 0.4) is 0 Å². The van der Waals surface area contributed by atoms with Gasteiger partial charge in [0.2, 0.25) is 0 Å². The van der Waals surface area contributed by atoms with Crippen LogP contribution >= 0.6 is 11.6 Å². The summed E-state index contributed by atoms with van der Waals surface area (Å²) < 4.78 is 17.4. The lowest BCUT2D eigenvalue weighted by Gasteiger charge is -2.14. The van der Waals surface area contributed by atoms with Crippen molar-refractivity contribution in [2.24, 2.45) is 0 Å². The lowest BCUT2D eigenvalue weighted by atomic mass is 10.1. The van der Waals surface area contributed by atoms with E-state index in [-0.39, 0.29) is 17.8 Å². The Morgan fingerprint density at radius 1 is 1.10 bits per heavy atom. The Morgan fingerprint density at radius 2 is 1.80 bits per heavy atom. The lowest BCUT2D eigenvalue weighted by molar-refractivity contribution is 0.0916. The SMILES string of the molecule is O=C(NCC(O)c1ccc(Cl)cc1)c1cnn(-c2ccccc2F)c1-n1cccc1. The molecule has 0 saturated carbocycles. The molecule has 1 unspecified atom stereocenters. The number of nitrogens with zero attached hydrogens (tertiary/aromatic N) is 3. The number of aromatic nitrogens is 3. The van der Waals surface area contributed by atoms with Gasteiger partial charge in [-0.1, -0.05) is 35.9 Å². The molecule has 6 nitrogen and oxygen atoms in total. The predicted octanol–water partition coefficient (Wildman–Crippen LogP) is 3.92. The highest BCUT2D eigenvalue weighted by atomic mass is 35.5. The van der Waals surface area contributed by atoms with Crippen LogP contribution in [0.4, 0.5) is 4.39 Å². The van der Waals surface area contributed by atoms with Gasteiger partial charge in [-0.15, -0.1) is 0 Å². The number of carbonyl (C=O) groups excluding carboxylic acids is 1. The van der Waals surface area contributed by atoms with Gasteiger partial charge in [-0.3, -0.25) is 4.79 Å². The van der Waals surface area contributed by atoms with E-state index in [9.17, 15) is 14.3 Å². The molecule has 0 fully saturated rings. The van der Waals surface area contributed by atoms with Crippen LogP contribution < -0.4 is 5.32 Å². The standard InChI is InChI=1S/C22H18ClFN4O2/c23-16-9-7-15(8-10-16)20(29)14-25-21(30)17-13-26-28(19-6-2-1-5-18(19)24)22(17)27-11-3-4-12-27/h1-13,20,29H,14H2,(H,25,30). The fourth-order valence-electron chi connectivity index (χ4n) is 3.11. The maximum absolute atomic E-state index is 14.4. The van der Waals surface area contributed by atoms with E-state index in [1.54, 1.807) is 71.6 Å². The summed E-state index contributed by atoms with van der Waals surface area (Å²) in [5.41, 5.74) is 1.10. The fourth-order valence-corrected chi connectivity index (χ4v) is 3.24. The van der Waals surface area contributed by atoms with E-state index in [4.69, 9.17) is 11.6 Å². The summed E-state index contributed by atoms with van der Waals surface area (Å²) in [5, 5.41) is 17.9. The quantitative estimate of drug-likeness (QED) is 0.493. The first kappa shape index (κ1) is 19.9. The van der Waals surface area contributed by atoms with Crippen molar-refractivity contribution in [1.29, 1.82) is 0 Å². The first-order valence-corrected chi connectivity index (χ1v) is 9.60. The van der Waals surface area contributed by atoms with Crippen molar-refractivity contribution < 1.29 is 14.3 Å². The van der Waals surface area contributed by atoms with Gasteiger partial charge >= 0.3 is 0 Å². The number of para-hydroxylation sites is 1. The average Bonchev–Trinajstić information content (AvgIpc) is 3.42. The second kappa shape index (κ2) is 8.52. The molecule has 2 N–H and O–H groups in total. The minimum absolute atomic E-state index is 0.00351. The molecule has 2 aromatic carbocycles. The minimum Gasteiger partial charge on any atom is -0.387 e. The van der Waals surface area contributed by atoms with Gasteiger partial charge in [0.15, 0.2) is 5.82 Å². The molecule has 1 amide bonds. The molecule has 1 atom stereocenters. The van der Waals surface area contributed by atoms with Gasteiger partial charge < -0.3 is 15.0 Å². The summed E-state index contributed by atoms with van der Waals surface area (Å²) in [5.74, 6) is -0.503. The highest BCUT2D eigenvalue weighted by molar-refractivity contribution is 6.30. The smallest absolute Gasteiger partial charge is 0.256 e. The third kappa shape index (κ3) is 3.98. The van der Waals surface area contributed by atoms with Gasteiger partial charge in [0.25, 0.3) is 5.91 Å². The molecular weight excluding hydrogens is 407 g/mol. The van der Waals surface area contributed by atoms with Crippen molar-refractivity contribution in [2.75, 3.05) is 6.54 Å². The molecule has 0 saturated heterocycles. The average molecular weight is 425 g/mol. The highest BCUT2D eigenvalue weighted by Crippen LogP contribution is 2.22. The van der Waals surface area contributed by atoms with Crippen molar-refractivity contribution in [3.63, 3.8) is 0 Å². The third-order valence-corrected chi connectivity index (χ3v) is 4.88. The number of carbonyl (C=O) groups is 1. The first-order chi connectivity index (χ1) is 14.5. The monoisotopic (exact) mass is 424 g/mol. The zero-order valence-electron chi connectivity index (χ0n) is 15.7. The Hall–Kier alpha value is -3.42. The molecule has 0 aliphatic heterocycles. The van der Waals surface area contributed by atoms with Gasteiger partial charge in [0.05, 0.1) is 12.3 Å². The van der Waals surface area contributed by atoms with Crippen LogP contribution in [0, 0.1) is 5.82 Å². The largest absolute Gasteiger partial charge is 0.387 e. The van der Waals surface area contributed by atoms with Crippen molar-refractivity contribution in [1.82, 2.24) is 19.7 Å². The number of amides is 1. The number of hydrogen-bond acceptors (Lipinski definition) is 3. The Kier molecular flexibility index (Phi) is 5.65. The molecule has 0 radical (unpaired) electrons. The zero-order valence-corrected chi connectivity index (χ0v) is 16.5. The van der Waals surface area contributed by atoms with Gasteiger partial charge in [-0.05, 0) is 42.0 Å². The Balaban J connectivity index is 1.61. The van der Waals surface area contributed by atoms with Crippen molar-refractivity contribution in [3.05, 3.63) is 101 Å². The summed E-state index contributed by atoms with van der Waals surface area (Å²) in [6.07, 6.45) is 3.97. The number of nitrogens with one attached hydrogen (secondary N) is 1. The third-order valence-electron chi connectivity index (χ3n) is 4.63. The molecule has 2 aromatic heterocycles. The molecular formula is C22H18ClFN4O2. The van der Waals surface area contributed by atoms with Gasteiger partial charge in [-0.25, -0.2) is 9.07 Å². The van der Waals surface area contributed by atoms with Crippen LogP contribution in [0.25, 0.3) is 11.5 Å². The van der Waals surface area contributed by atoms with Crippen LogP contribution in [0.5, 0.6) is 0 Å². The number of hydrogen-bond donors (Lipinski definition) is 2. The van der Waals surface area contributed by atoms with Gasteiger partial charge in [0, 0.05) is 24.0 Å². The van der Waals surface area contributed by atoms with E-state index in [2.05, 4.69) is 10.4 Å². The first-order valence-electron chi connectivity index (χ1n) is 9.22. The second-order valence-electron chi connectivity index (χ2n) is 6.61. The highest BCUT2D eigenvalue weighted by Gasteiger charge is 2.22. The fraction of sp³-hybridized carbons (Fsp3) is 0.0909. The topological polar surface area (TPSA) is 72.1 Å². The van der Waals surface area contributed by atoms with Crippen molar-refractivity contribution in [2.45, 2.75) is 6.10 Å². The minimum atomic E-state index is -0.900. The second-order valence-corrected chi connectivity index (χ2v) is 7.05. The van der Waals surface area contributed by atoms with E-state index in [0.29, 0.717) is 16.4 Å². The number of aliphatic hydroxyl groups excluding tert-OH is 1. The molecule has 2 heterocycles. The predicted molar refractivity (Wildman–Crippen MR) is 112 cm³/mol. The van der Waals surface area contributed by atoms with E-state index in [0.717, 1.165) is 0 Å². The Morgan fingerprint density at radius 3 is 2.50 bits per heavy atom. The lowest BCUT2D eigenvalue weighted by Crippen LogP contribution is -2.29. The summed E-state index contributed by atoms with van der Waals surface area (Å²) >= 11 is 5.86. The summed E-state index contributed by atoms with van der Waals surface area (Å²) in [6.45, 7) is -0.00351. The maximum Gasteiger partial charge on any atom is 0.256 e. The van der Waals surface area contributed by atoms with Crippen LogP contribution in [0.2, 0.25) is 5.02 Å². The number of halogens is 2. The van der Waals surface area contributed by atoms with Crippen LogP contribution in [-0.2, 0) is 0 Å². The van der Waals surface area contributed by atoms with E-state index in [1.165, 1.54) is 16.9 Å². The maximum atomic E-state index is 14.4. The molecule has 30 heavy (non-hydrogen) atoms. The summed E-state index contributed by atoms with van der Waals surface area (Å²) in [6, 6.07) is 16.5. The Labute approximate surface area is 177 Å². The molecule has 0 bridgehead atoms. The molecule has 4 rings (SSSR count). The number of aliphatic hydroxyl groups is 1. The van der Waals surface area contributed by atoms with Gasteiger partial charge in [-0.2, -0.15) is 5.10 Å². The molecule has 4 aromatic rings. The van der Waals surface area contributed by atoms with Crippen LogP contribution in [-0.4, -0.2) is 31.9 Å². The number of rotatable bonds is 6. The summed E-state index contributed by atoms with van der Waals surface area (Å²) in [7, 11) is 0. The van der Waals surface area contributed by atoms with Crippen LogP contribution in [0.15, 0.2) is 79.3 Å². The van der Waals surface area contributed by atoms with Gasteiger partial charge in [0.1, 0.15) is 17.1 Å². The van der Waals surface area contributed by atoms with Crippen molar-refractivity contribution in [3.8, 4) is 11.5 Å². The molecule has 0 spiro atoms. The summed E-state index contributed by atoms with van der Waals surface area (Å²) in [4.78, 5) is 12.9. The van der Waals surface area contributed by atoms with E-state index in [1.807, 2.05) is 0 Å². The van der Waals surface area contributed by atoms with E-state index >= 15 is 0 Å². The Bertz CT molecular complexity index is 1160. The van der Waals surface area contributed by atoms with Crippen molar-refractivity contribution >= 4 is 17.5 Å². The van der Waals surface area contributed by atoms with Crippen LogP contribution in [0.1, 0.15) is 22.0 Å². The molecule has 8 heteroatoms. The molecule has 0 aliphatic carbocycles.